The zero-order chi connectivity index (χ0) is 20.1. The number of rotatable bonds is 6. The monoisotopic (exact) mass is 379 g/mol. The first-order chi connectivity index (χ1) is 13.5. The van der Waals surface area contributed by atoms with E-state index in [0.29, 0.717) is 11.1 Å². The predicted octanol–water partition coefficient (Wildman–Crippen LogP) is 2.12. The van der Waals surface area contributed by atoms with E-state index < -0.39 is 22.7 Å². The molecule has 2 aromatic carbocycles. The third-order valence-corrected chi connectivity index (χ3v) is 4.01. The van der Waals surface area contributed by atoms with Crippen LogP contribution < -0.4 is 10.9 Å². The van der Waals surface area contributed by atoms with Crippen molar-refractivity contribution in [3.63, 3.8) is 0 Å². The number of benzene rings is 2. The van der Waals surface area contributed by atoms with Crippen molar-refractivity contribution in [3.05, 3.63) is 81.7 Å². The highest BCUT2D eigenvalue weighted by Gasteiger charge is 2.18. The average molecular weight is 379 g/mol. The fraction of sp³-hybridized carbons (Fsp3) is 0.0952. The molecule has 7 heteroatoms. The molecule has 0 aliphatic heterocycles. The Morgan fingerprint density at radius 2 is 1.89 bits per heavy atom. The number of hydrogen-bond donors (Lipinski definition) is 3. The fourth-order valence-electron chi connectivity index (χ4n) is 2.66. The van der Waals surface area contributed by atoms with Gasteiger partial charge in [-0.2, -0.15) is 0 Å². The van der Waals surface area contributed by atoms with Crippen molar-refractivity contribution in [2.75, 3.05) is 13.2 Å². The van der Waals surface area contributed by atoms with Gasteiger partial charge in [0, 0.05) is 12.1 Å². The molecule has 3 N–H and O–H groups in total. The van der Waals surface area contributed by atoms with E-state index in [0.717, 1.165) is 6.08 Å². The molecule has 0 saturated carbocycles. The molecule has 3 rings (SSSR count). The normalized spacial score (nSPS) is 11.0. The van der Waals surface area contributed by atoms with E-state index in [1.54, 1.807) is 42.5 Å². The molecule has 0 fully saturated rings. The van der Waals surface area contributed by atoms with Gasteiger partial charge < -0.3 is 19.9 Å². The molecule has 1 heterocycles. The number of allylic oxidation sites excluding steroid dienone is 1. The van der Waals surface area contributed by atoms with Crippen LogP contribution in [0.15, 0.2) is 63.8 Å². The number of fused-ring (bicyclic) bond motifs is 1. The molecular weight excluding hydrogens is 362 g/mol. The number of para-hydroxylation sites is 1. The van der Waals surface area contributed by atoms with Crippen molar-refractivity contribution >= 4 is 28.7 Å². The van der Waals surface area contributed by atoms with Crippen LogP contribution in [0.3, 0.4) is 0 Å². The van der Waals surface area contributed by atoms with Crippen molar-refractivity contribution in [3.8, 4) is 5.75 Å². The summed E-state index contributed by atoms with van der Waals surface area (Å²) in [5, 5.41) is 21.9. The lowest BCUT2D eigenvalue weighted by Gasteiger charge is -2.04. The summed E-state index contributed by atoms with van der Waals surface area (Å²) in [5.41, 5.74) is -0.285. The van der Waals surface area contributed by atoms with Crippen molar-refractivity contribution in [1.29, 1.82) is 0 Å². The summed E-state index contributed by atoms with van der Waals surface area (Å²) < 4.78 is 5.09. The number of carbonyl (C=O) groups is 2. The first-order valence-electron chi connectivity index (χ1n) is 8.47. The van der Waals surface area contributed by atoms with E-state index in [-0.39, 0.29) is 30.0 Å². The third-order valence-electron chi connectivity index (χ3n) is 4.01. The highest BCUT2D eigenvalue weighted by atomic mass is 16.4. The molecular formula is C21H17NO6. The van der Waals surface area contributed by atoms with Crippen LogP contribution >= 0.6 is 0 Å². The number of aromatic hydroxyl groups is 1. The van der Waals surface area contributed by atoms with Crippen LogP contribution in [0.25, 0.3) is 17.0 Å². The van der Waals surface area contributed by atoms with Gasteiger partial charge in [-0.1, -0.05) is 30.3 Å². The maximum absolute atomic E-state index is 12.4. The second-order valence-electron chi connectivity index (χ2n) is 5.91. The van der Waals surface area contributed by atoms with E-state index in [2.05, 4.69) is 5.32 Å². The Labute approximate surface area is 159 Å². The van der Waals surface area contributed by atoms with Gasteiger partial charge in [-0.25, -0.2) is 4.79 Å². The summed E-state index contributed by atoms with van der Waals surface area (Å²) in [5.74, 6) is -1.51. The van der Waals surface area contributed by atoms with Crippen LogP contribution in [0.4, 0.5) is 0 Å². The third kappa shape index (κ3) is 3.99. The number of carbonyl (C=O) groups excluding carboxylic acids is 2. The maximum Gasteiger partial charge on any atom is 0.351 e. The molecule has 0 saturated heterocycles. The lowest BCUT2D eigenvalue weighted by molar-refractivity contribution is 0.0944. The highest BCUT2D eigenvalue weighted by Crippen LogP contribution is 2.26. The van der Waals surface area contributed by atoms with Crippen LogP contribution in [0.2, 0.25) is 0 Å². The second-order valence-corrected chi connectivity index (χ2v) is 5.91. The second kappa shape index (κ2) is 8.32. The summed E-state index contributed by atoms with van der Waals surface area (Å²) in [6.45, 7) is -0.0356. The minimum Gasteiger partial charge on any atom is -0.506 e. The van der Waals surface area contributed by atoms with Crippen LogP contribution in [0, 0.1) is 0 Å². The van der Waals surface area contributed by atoms with Gasteiger partial charge in [-0.15, -0.1) is 0 Å². The maximum atomic E-state index is 12.4. The van der Waals surface area contributed by atoms with Gasteiger partial charge in [0.1, 0.15) is 16.9 Å². The van der Waals surface area contributed by atoms with Gasteiger partial charge in [0.2, 0.25) is 0 Å². The number of aliphatic hydroxyl groups excluding tert-OH is 1. The SMILES string of the molecule is O=C(NCCO)c1cccc(/C=C/C(=O)c2c(O)c3ccccc3oc2=O)c1. The molecule has 3 aromatic rings. The number of hydrogen-bond acceptors (Lipinski definition) is 6. The average Bonchev–Trinajstić information content (AvgIpc) is 2.70. The van der Waals surface area contributed by atoms with Crippen molar-refractivity contribution in [2.24, 2.45) is 0 Å². The molecule has 0 spiro atoms. The number of amides is 1. The Morgan fingerprint density at radius 3 is 2.68 bits per heavy atom. The van der Waals surface area contributed by atoms with Gasteiger partial charge in [0.05, 0.1) is 12.0 Å². The van der Waals surface area contributed by atoms with Gasteiger partial charge in [-0.05, 0) is 35.9 Å². The zero-order valence-corrected chi connectivity index (χ0v) is 14.7. The summed E-state index contributed by atoms with van der Waals surface area (Å²) in [6, 6.07) is 12.8. The van der Waals surface area contributed by atoms with Crippen molar-refractivity contribution < 1.29 is 24.2 Å². The first-order valence-corrected chi connectivity index (χ1v) is 8.47. The van der Waals surface area contributed by atoms with Gasteiger partial charge in [0.15, 0.2) is 5.78 Å². The summed E-state index contributed by atoms with van der Waals surface area (Å²) >= 11 is 0. The molecule has 0 unspecified atom stereocenters. The molecule has 7 nitrogen and oxygen atoms in total. The quantitative estimate of drug-likeness (QED) is 0.343. The van der Waals surface area contributed by atoms with E-state index in [1.807, 2.05) is 0 Å². The molecule has 28 heavy (non-hydrogen) atoms. The largest absolute Gasteiger partial charge is 0.506 e. The summed E-state index contributed by atoms with van der Waals surface area (Å²) in [4.78, 5) is 36.5. The minimum atomic E-state index is -0.928. The smallest absolute Gasteiger partial charge is 0.351 e. The lowest BCUT2D eigenvalue weighted by atomic mass is 10.1. The molecule has 0 aliphatic carbocycles. The fourth-order valence-corrected chi connectivity index (χ4v) is 2.66. The van der Waals surface area contributed by atoms with Gasteiger partial charge in [0.25, 0.3) is 5.91 Å². The lowest BCUT2D eigenvalue weighted by Crippen LogP contribution is -2.26. The van der Waals surface area contributed by atoms with Crippen LogP contribution in [0.1, 0.15) is 26.3 Å². The summed E-state index contributed by atoms with van der Waals surface area (Å²) in [6.07, 6.45) is 2.56. The van der Waals surface area contributed by atoms with Crippen LogP contribution in [-0.2, 0) is 0 Å². The predicted molar refractivity (Wildman–Crippen MR) is 103 cm³/mol. The Balaban J connectivity index is 1.88. The van der Waals surface area contributed by atoms with Crippen LogP contribution in [-0.4, -0.2) is 35.1 Å². The molecule has 1 amide bonds. The molecule has 0 radical (unpaired) electrons. The molecule has 0 bridgehead atoms. The van der Waals surface area contributed by atoms with Crippen molar-refractivity contribution in [2.45, 2.75) is 0 Å². The van der Waals surface area contributed by atoms with E-state index in [1.165, 1.54) is 12.1 Å². The zero-order valence-electron chi connectivity index (χ0n) is 14.7. The Bertz CT molecular complexity index is 1130. The topological polar surface area (TPSA) is 117 Å². The Kier molecular flexibility index (Phi) is 5.67. The van der Waals surface area contributed by atoms with E-state index in [9.17, 15) is 19.5 Å². The highest BCUT2D eigenvalue weighted by molar-refractivity contribution is 6.10. The van der Waals surface area contributed by atoms with Gasteiger partial charge >= 0.3 is 5.63 Å². The Hall–Kier alpha value is -3.71. The summed E-state index contributed by atoms with van der Waals surface area (Å²) in [7, 11) is 0. The molecule has 142 valence electrons. The van der Waals surface area contributed by atoms with E-state index in [4.69, 9.17) is 9.52 Å². The van der Waals surface area contributed by atoms with Crippen molar-refractivity contribution in [1.82, 2.24) is 5.32 Å². The minimum absolute atomic E-state index is 0.133. The van der Waals surface area contributed by atoms with Gasteiger partial charge in [-0.3, -0.25) is 9.59 Å². The van der Waals surface area contributed by atoms with E-state index >= 15 is 0 Å². The molecule has 0 atom stereocenters. The van der Waals surface area contributed by atoms with Crippen LogP contribution in [0.5, 0.6) is 5.75 Å². The standard InChI is InChI=1S/C21H17NO6/c23-11-10-22-20(26)14-5-3-4-13(12-14)8-9-16(24)18-19(25)15-6-1-2-7-17(15)28-21(18)27/h1-9,12,23,25H,10-11H2,(H,22,26)/b9-8+. The number of ketones is 1. The Morgan fingerprint density at radius 1 is 1.11 bits per heavy atom. The molecule has 1 aromatic heterocycles. The molecule has 0 aliphatic rings. The number of aliphatic hydroxyl groups is 1. The first kappa shape index (κ1) is 19.1. The number of nitrogens with one attached hydrogen (secondary N) is 1.